The molecule has 5 rings (SSSR count). The fourth-order valence-corrected chi connectivity index (χ4v) is 5.38. The second-order valence-corrected chi connectivity index (χ2v) is 9.90. The van der Waals surface area contributed by atoms with Gasteiger partial charge in [0.25, 0.3) is 0 Å². The molecule has 3 N–H and O–H groups in total. The molecule has 0 aromatic heterocycles. The van der Waals surface area contributed by atoms with Crippen LogP contribution in [-0.4, -0.2) is 29.7 Å². The van der Waals surface area contributed by atoms with E-state index in [0.717, 1.165) is 11.1 Å². The normalized spacial score (nSPS) is 14.9. The van der Waals surface area contributed by atoms with Crippen LogP contribution in [0.2, 0.25) is 0 Å². The summed E-state index contributed by atoms with van der Waals surface area (Å²) in [5, 5.41) is 17.8. The molecule has 4 heteroatoms. The molecule has 4 nitrogen and oxygen atoms in total. The van der Waals surface area contributed by atoms with Crippen molar-refractivity contribution in [2.24, 2.45) is 0 Å². The predicted molar refractivity (Wildman–Crippen MR) is 149 cm³/mol. The van der Waals surface area contributed by atoms with Crippen LogP contribution in [0.25, 0.3) is 11.1 Å². The third kappa shape index (κ3) is 5.82. The molecule has 1 aliphatic carbocycles. The molecule has 0 heterocycles. The number of rotatable bonds is 10. The number of aliphatic hydroxyl groups excluding tert-OH is 1. The zero-order valence-corrected chi connectivity index (χ0v) is 21.2. The van der Waals surface area contributed by atoms with Gasteiger partial charge < -0.3 is 15.7 Å². The molecule has 4 aromatic carbocycles. The lowest BCUT2D eigenvalue weighted by atomic mass is 9.92. The number of fused-ring (bicyclic) bond motifs is 3. The lowest BCUT2D eigenvalue weighted by Gasteiger charge is -2.27. The van der Waals surface area contributed by atoms with E-state index in [1.807, 2.05) is 72.8 Å². The van der Waals surface area contributed by atoms with Gasteiger partial charge in [0.05, 0.1) is 12.1 Å². The number of aliphatic hydroxyl groups is 1. The fraction of sp³-hybridized carbons (Fsp3) is 0.242. The molecule has 1 amide bonds. The van der Waals surface area contributed by atoms with Crippen molar-refractivity contribution in [1.29, 1.82) is 0 Å². The number of carbonyl (C=O) groups excluding carboxylic acids is 1. The number of carbonyl (C=O) groups is 1. The summed E-state index contributed by atoms with van der Waals surface area (Å²) in [4.78, 5) is 13.4. The summed E-state index contributed by atoms with van der Waals surface area (Å²) in [7, 11) is 0. The Morgan fingerprint density at radius 3 is 1.95 bits per heavy atom. The van der Waals surface area contributed by atoms with Crippen LogP contribution < -0.4 is 10.6 Å². The zero-order valence-electron chi connectivity index (χ0n) is 21.2. The minimum Gasteiger partial charge on any atom is -0.390 e. The number of hydrogen-bond acceptors (Lipinski definition) is 3. The Labute approximate surface area is 219 Å². The van der Waals surface area contributed by atoms with Crippen molar-refractivity contribution in [3.8, 4) is 11.1 Å². The molecular formula is C33H34N2O2. The second kappa shape index (κ2) is 11.5. The largest absolute Gasteiger partial charge is 0.390 e. The average Bonchev–Trinajstić information content (AvgIpc) is 3.25. The molecule has 0 spiro atoms. The summed E-state index contributed by atoms with van der Waals surface area (Å²) < 4.78 is 0. The monoisotopic (exact) mass is 490 g/mol. The van der Waals surface area contributed by atoms with Crippen LogP contribution >= 0.6 is 0 Å². The number of amides is 1. The van der Waals surface area contributed by atoms with Crippen LogP contribution in [0.3, 0.4) is 0 Å². The third-order valence-electron chi connectivity index (χ3n) is 7.39. The third-order valence-corrected chi connectivity index (χ3v) is 7.39. The first-order valence-corrected chi connectivity index (χ1v) is 13.1. The van der Waals surface area contributed by atoms with Crippen LogP contribution in [-0.2, 0) is 11.2 Å². The maximum Gasteiger partial charge on any atom is 0.221 e. The molecular weight excluding hydrogens is 456 g/mol. The van der Waals surface area contributed by atoms with E-state index in [2.05, 4.69) is 54.0 Å². The van der Waals surface area contributed by atoms with Gasteiger partial charge in [0, 0.05) is 24.9 Å². The smallest absolute Gasteiger partial charge is 0.221 e. The summed E-state index contributed by atoms with van der Waals surface area (Å²) >= 11 is 0. The number of hydrogen-bond donors (Lipinski definition) is 3. The maximum atomic E-state index is 13.4. The first kappa shape index (κ1) is 24.9. The quantitative estimate of drug-likeness (QED) is 0.270. The predicted octanol–water partition coefficient (Wildman–Crippen LogP) is 5.63. The molecule has 0 aliphatic heterocycles. The summed E-state index contributed by atoms with van der Waals surface area (Å²) in [6.45, 7) is 2.46. The van der Waals surface area contributed by atoms with Crippen molar-refractivity contribution < 1.29 is 9.90 Å². The molecule has 0 radical (unpaired) electrons. The SMILES string of the molecule is C[C@H](NC[C@@H](O)[C@H](Cc1ccccc1)NC(=O)CC1c2ccccc2-c2ccccc21)c1ccccc1. The Bertz CT molecular complexity index is 1280. The highest BCUT2D eigenvalue weighted by molar-refractivity contribution is 5.84. The molecule has 0 saturated heterocycles. The van der Waals surface area contributed by atoms with Gasteiger partial charge in [0.2, 0.25) is 5.91 Å². The van der Waals surface area contributed by atoms with E-state index < -0.39 is 12.1 Å². The van der Waals surface area contributed by atoms with Crippen molar-refractivity contribution in [2.45, 2.75) is 43.9 Å². The standard InChI is InChI=1S/C33H34N2O2/c1-23(25-14-6-3-7-15-25)34-22-32(36)31(20-24-12-4-2-5-13-24)35-33(37)21-30-28-18-10-8-16-26(28)27-17-9-11-19-29(27)30/h2-19,23,30-32,34,36H,20-22H2,1H3,(H,35,37)/t23-,31-,32+/m0/s1. The van der Waals surface area contributed by atoms with E-state index in [9.17, 15) is 9.90 Å². The van der Waals surface area contributed by atoms with E-state index in [-0.39, 0.29) is 17.9 Å². The van der Waals surface area contributed by atoms with Crippen LogP contribution in [0.4, 0.5) is 0 Å². The summed E-state index contributed by atoms with van der Waals surface area (Å²) in [5.41, 5.74) is 7.04. The minimum atomic E-state index is -0.738. The van der Waals surface area contributed by atoms with Crippen molar-refractivity contribution in [3.05, 3.63) is 131 Å². The van der Waals surface area contributed by atoms with Gasteiger partial charge in [-0.15, -0.1) is 0 Å². The van der Waals surface area contributed by atoms with E-state index in [1.165, 1.54) is 22.3 Å². The lowest BCUT2D eigenvalue weighted by molar-refractivity contribution is -0.122. The molecule has 3 atom stereocenters. The minimum absolute atomic E-state index is 0.0122. The Morgan fingerprint density at radius 2 is 1.32 bits per heavy atom. The highest BCUT2D eigenvalue weighted by Crippen LogP contribution is 2.46. The highest BCUT2D eigenvalue weighted by atomic mass is 16.3. The lowest BCUT2D eigenvalue weighted by Crippen LogP contribution is -2.49. The van der Waals surface area contributed by atoms with Crippen molar-refractivity contribution in [1.82, 2.24) is 10.6 Å². The summed E-state index contributed by atoms with van der Waals surface area (Å²) in [6.07, 6.45) is 0.172. The van der Waals surface area contributed by atoms with Gasteiger partial charge in [0.15, 0.2) is 0 Å². The van der Waals surface area contributed by atoms with Gasteiger partial charge in [-0.3, -0.25) is 4.79 Å². The Balaban J connectivity index is 1.29. The number of benzene rings is 4. The molecule has 4 aromatic rings. The topological polar surface area (TPSA) is 61.4 Å². The van der Waals surface area contributed by atoms with E-state index >= 15 is 0 Å². The molecule has 1 aliphatic rings. The van der Waals surface area contributed by atoms with Crippen LogP contribution in [0.15, 0.2) is 109 Å². The molecule has 0 fully saturated rings. The number of nitrogens with one attached hydrogen (secondary N) is 2. The van der Waals surface area contributed by atoms with Gasteiger partial charge in [-0.2, -0.15) is 0 Å². The second-order valence-electron chi connectivity index (χ2n) is 9.90. The van der Waals surface area contributed by atoms with E-state index in [1.54, 1.807) is 0 Å². The van der Waals surface area contributed by atoms with Crippen molar-refractivity contribution in [2.75, 3.05) is 6.54 Å². The van der Waals surface area contributed by atoms with Gasteiger partial charge >= 0.3 is 0 Å². The van der Waals surface area contributed by atoms with Gasteiger partial charge in [0.1, 0.15) is 0 Å². The Kier molecular flexibility index (Phi) is 7.79. The molecule has 0 unspecified atom stereocenters. The molecule has 188 valence electrons. The van der Waals surface area contributed by atoms with E-state index in [4.69, 9.17) is 0 Å². The average molecular weight is 491 g/mol. The fourth-order valence-electron chi connectivity index (χ4n) is 5.38. The molecule has 0 saturated carbocycles. The van der Waals surface area contributed by atoms with Gasteiger partial charge in [-0.1, -0.05) is 109 Å². The highest BCUT2D eigenvalue weighted by Gasteiger charge is 2.31. The molecule has 37 heavy (non-hydrogen) atoms. The Hall–Kier alpha value is -3.73. The Morgan fingerprint density at radius 1 is 0.784 bits per heavy atom. The first-order valence-electron chi connectivity index (χ1n) is 13.1. The zero-order chi connectivity index (χ0) is 25.6. The van der Waals surface area contributed by atoms with Gasteiger partial charge in [-0.05, 0) is 46.7 Å². The van der Waals surface area contributed by atoms with Crippen LogP contribution in [0, 0.1) is 0 Å². The van der Waals surface area contributed by atoms with Crippen LogP contribution in [0.1, 0.15) is 47.6 Å². The van der Waals surface area contributed by atoms with Crippen LogP contribution in [0.5, 0.6) is 0 Å². The maximum absolute atomic E-state index is 13.4. The van der Waals surface area contributed by atoms with E-state index in [0.29, 0.717) is 19.4 Å². The summed E-state index contributed by atoms with van der Waals surface area (Å²) in [5.74, 6) is -0.0364. The van der Waals surface area contributed by atoms with Gasteiger partial charge in [-0.25, -0.2) is 0 Å². The molecule has 0 bridgehead atoms. The van der Waals surface area contributed by atoms with Crippen molar-refractivity contribution >= 4 is 5.91 Å². The van der Waals surface area contributed by atoms with Crippen molar-refractivity contribution in [3.63, 3.8) is 0 Å². The summed E-state index contributed by atoms with van der Waals surface area (Å²) in [6, 6.07) is 36.6. The first-order chi connectivity index (χ1) is 18.1.